The smallest absolute Gasteiger partial charge is 0.247 e. The molecule has 0 amide bonds. The maximum atomic E-state index is 11.7. The van der Waals surface area contributed by atoms with Gasteiger partial charge in [-0.3, -0.25) is 0 Å². The van der Waals surface area contributed by atoms with E-state index < -0.39 is 9.84 Å². The topological polar surface area (TPSA) is 107 Å². The molecule has 10 heteroatoms. The summed E-state index contributed by atoms with van der Waals surface area (Å²) in [5.74, 6) is 2.42. The molecule has 3 rings (SSSR count). The second-order valence-electron chi connectivity index (χ2n) is 6.00. The molecule has 140 valence electrons. The summed E-state index contributed by atoms with van der Waals surface area (Å²) < 4.78 is 34.0. The number of hydrogen-bond acceptors (Lipinski definition) is 9. The summed E-state index contributed by atoms with van der Waals surface area (Å²) in [6.45, 7) is 0. The summed E-state index contributed by atoms with van der Waals surface area (Å²) >= 11 is 0. The zero-order chi connectivity index (χ0) is 18.7. The number of methoxy groups -OCH3 is 2. The van der Waals surface area contributed by atoms with Gasteiger partial charge in [0, 0.05) is 19.2 Å². The van der Waals surface area contributed by atoms with E-state index in [1.54, 1.807) is 44.4 Å². The third-order valence-corrected chi connectivity index (χ3v) is 6.04. The van der Waals surface area contributed by atoms with Crippen molar-refractivity contribution in [3.63, 3.8) is 0 Å². The van der Waals surface area contributed by atoms with Crippen LogP contribution in [-0.4, -0.2) is 62.4 Å². The van der Waals surface area contributed by atoms with E-state index in [9.17, 15) is 8.42 Å². The third-order valence-electron chi connectivity index (χ3n) is 4.29. The molecule has 0 bridgehead atoms. The molecule has 1 aliphatic rings. The standard InChI is InChI=1S/C16H21N5O4S/c1-21(11-6-7-26(22,23)10-11)16-19-15(9-17-20-16)18-13-8-12(24-2)4-5-14(13)25-3/h4-5,8-9,11H,6-7,10H2,1-3H3,(H,18,19,20). The molecule has 1 saturated heterocycles. The Hall–Kier alpha value is -2.62. The molecule has 1 unspecified atom stereocenters. The number of nitrogens with one attached hydrogen (secondary N) is 1. The molecule has 0 spiro atoms. The summed E-state index contributed by atoms with van der Waals surface area (Å²) in [7, 11) is 1.95. The van der Waals surface area contributed by atoms with Gasteiger partial charge in [0.25, 0.3) is 0 Å². The minimum absolute atomic E-state index is 0.105. The molecule has 2 aromatic rings. The van der Waals surface area contributed by atoms with Gasteiger partial charge in [-0.15, -0.1) is 5.10 Å². The van der Waals surface area contributed by atoms with Crippen molar-refractivity contribution in [2.24, 2.45) is 0 Å². The van der Waals surface area contributed by atoms with Gasteiger partial charge in [-0.25, -0.2) is 8.42 Å². The highest BCUT2D eigenvalue weighted by atomic mass is 32.2. The van der Waals surface area contributed by atoms with Crippen LogP contribution in [0.25, 0.3) is 0 Å². The van der Waals surface area contributed by atoms with Crippen LogP contribution < -0.4 is 19.7 Å². The SMILES string of the molecule is COc1ccc(OC)c(Nc2cnnc(N(C)C3CCS(=O)(=O)C3)n2)c1. The molecule has 0 aliphatic carbocycles. The lowest BCUT2D eigenvalue weighted by atomic mass is 10.2. The first-order valence-electron chi connectivity index (χ1n) is 8.04. The van der Waals surface area contributed by atoms with Crippen molar-refractivity contribution < 1.29 is 17.9 Å². The molecule has 0 radical (unpaired) electrons. The van der Waals surface area contributed by atoms with Gasteiger partial charge in [-0.1, -0.05) is 0 Å². The van der Waals surface area contributed by atoms with Crippen LogP contribution in [-0.2, 0) is 9.84 Å². The van der Waals surface area contributed by atoms with Gasteiger partial charge >= 0.3 is 0 Å². The fraction of sp³-hybridized carbons (Fsp3) is 0.438. The molecule has 1 aliphatic heterocycles. The van der Waals surface area contributed by atoms with E-state index >= 15 is 0 Å². The fourth-order valence-corrected chi connectivity index (χ4v) is 4.57. The Morgan fingerprint density at radius 3 is 2.73 bits per heavy atom. The second-order valence-corrected chi connectivity index (χ2v) is 8.23. The van der Waals surface area contributed by atoms with E-state index in [4.69, 9.17) is 9.47 Å². The number of ether oxygens (including phenoxy) is 2. The van der Waals surface area contributed by atoms with Gasteiger partial charge in [0.1, 0.15) is 11.5 Å². The van der Waals surface area contributed by atoms with Crippen LogP contribution >= 0.6 is 0 Å². The summed E-state index contributed by atoms with van der Waals surface area (Å²) in [4.78, 5) is 6.20. The fourth-order valence-electron chi connectivity index (χ4n) is 2.80. The molecule has 1 atom stereocenters. The lowest BCUT2D eigenvalue weighted by molar-refractivity contribution is 0.405. The number of rotatable bonds is 6. The minimum atomic E-state index is -2.99. The van der Waals surface area contributed by atoms with Crippen LogP contribution in [0.3, 0.4) is 0 Å². The highest BCUT2D eigenvalue weighted by Gasteiger charge is 2.32. The second kappa shape index (κ2) is 7.32. The van der Waals surface area contributed by atoms with Crippen molar-refractivity contribution in [2.75, 3.05) is 43.0 Å². The van der Waals surface area contributed by atoms with Crippen molar-refractivity contribution in [1.29, 1.82) is 0 Å². The van der Waals surface area contributed by atoms with E-state index in [0.29, 0.717) is 35.4 Å². The van der Waals surface area contributed by atoms with Crippen LogP contribution in [0.2, 0.25) is 0 Å². The van der Waals surface area contributed by atoms with Gasteiger partial charge in [0.2, 0.25) is 5.95 Å². The minimum Gasteiger partial charge on any atom is -0.497 e. The van der Waals surface area contributed by atoms with Crippen LogP contribution in [0, 0.1) is 0 Å². The van der Waals surface area contributed by atoms with E-state index in [2.05, 4.69) is 20.5 Å². The number of hydrogen-bond donors (Lipinski definition) is 1. The summed E-state index contributed by atoms with van der Waals surface area (Å²) in [6, 6.07) is 5.21. The molecule has 26 heavy (non-hydrogen) atoms. The Bertz CT molecular complexity index is 890. The molecule has 1 N–H and O–H groups in total. The molecule has 1 fully saturated rings. The number of benzene rings is 1. The maximum Gasteiger partial charge on any atom is 0.247 e. The molecule has 0 saturated carbocycles. The number of anilines is 3. The predicted octanol–water partition coefficient (Wildman–Crippen LogP) is 1.26. The molecule has 1 aromatic carbocycles. The lowest BCUT2D eigenvalue weighted by Crippen LogP contribution is -2.34. The first-order valence-corrected chi connectivity index (χ1v) is 9.86. The van der Waals surface area contributed by atoms with Crippen LogP contribution in [0.15, 0.2) is 24.4 Å². The quantitative estimate of drug-likeness (QED) is 0.793. The molecule has 9 nitrogen and oxygen atoms in total. The van der Waals surface area contributed by atoms with Crippen molar-refractivity contribution in [3.05, 3.63) is 24.4 Å². The first-order chi connectivity index (χ1) is 12.4. The Morgan fingerprint density at radius 1 is 1.27 bits per heavy atom. The van der Waals surface area contributed by atoms with Crippen molar-refractivity contribution >= 4 is 27.3 Å². The molecular formula is C16H21N5O4S. The molecular weight excluding hydrogens is 358 g/mol. The average molecular weight is 379 g/mol. The summed E-state index contributed by atoms with van der Waals surface area (Å²) in [6.07, 6.45) is 2.05. The van der Waals surface area contributed by atoms with E-state index in [1.807, 2.05) is 0 Å². The van der Waals surface area contributed by atoms with Crippen molar-refractivity contribution in [3.8, 4) is 11.5 Å². The zero-order valence-corrected chi connectivity index (χ0v) is 15.7. The molecule has 1 aromatic heterocycles. The maximum absolute atomic E-state index is 11.7. The number of sulfone groups is 1. The van der Waals surface area contributed by atoms with Gasteiger partial charge in [-0.2, -0.15) is 10.1 Å². The van der Waals surface area contributed by atoms with E-state index in [-0.39, 0.29) is 17.5 Å². The molecule has 2 heterocycles. The zero-order valence-electron chi connectivity index (χ0n) is 14.8. The largest absolute Gasteiger partial charge is 0.497 e. The number of nitrogens with zero attached hydrogens (tertiary/aromatic N) is 4. The lowest BCUT2D eigenvalue weighted by Gasteiger charge is -2.23. The van der Waals surface area contributed by atoms with Crippen molar-refractivity contribution in [1.82, 2.24) is 15.2 Å². The van der Waals surface area contributed by atoms with Gasteiger partial charge in [-0.05, 0) is 18.6 Å². The third kappa shape index (κ3) is 3.96. The Balaban J connectivity index is 1.82. The van der Waals surface area contributed by atoms with Crippen LogP contribution in [0.5, 0.6) is 11.5 Å². The first kappa shape index (κ1) is 18.2. The van der Waals surface area contributed by atoms with E-state index in [1.165, 1.54) is 6.20 Å². The predicted molar refractivity (Wildman–Crippen MR) is 98.1 cm³/mol. The average Bonchev–Trinajstić information content (AvgIpc) is 3.01. The highest BCUT2D eigenvalue weighted by molar-refractivity contribution is 7.91. The van der Waals surface area contributed by atoms with Gasteiger partial charge in [0.05, 0.1) is 37.6 Å². The number of aromatic nitrogens is 3. The van der Waals surface area contributed by atoms with Gasteiger partial charge in [0.15, 0.2) is 15.7 Å². The summed E-state index contributed by atoms with van der Waals surface area (Å²) in [5.41, 5.74) is 0.671. The monoisotopic (exact) mass is 379 g/mol. The Labute approximate surface area is 152 Å². The van der Waals surface area contributed by atoms with Gasteiger partial charge < -0.3 is 19.7 Å². The van der Waals surface area contributed by atoms with Crippen LogP contribution in [0.1, 0.15) is 6.42 Å². The normalized spacial score (nSPS) is 18.3. The van der Waals surface area contributed by atoms with E-state index in [0.717, 1.165) is 0 Å². The van der Waals surface area contributed by atoms with Crippen molar-refractivity contribution in [2.45, 2.75) is 12.5 Å². The Kier molecular flexibility index (Phi) is 5.12. The van der Waals surface area contributed by atoms with Crippen LogP contribution in [0.4, 0.5) is 17.5 Å². The summed E-state index contributed by atoms with van der Waals surface area (Å²) in [5, 5.41) is 11.1. The Morgan fingerprint density at radius 2 is 2.08 bits per heavy atom. The highest BCUT2D eigenvalue weighted by Crippen LogP contribution is 2.31.